The zero-order valence-electron chi connectivity index (χ0n) is 41.9. The van der Waals surface area contributed by atoms with Crippen molar-refractivity contribution in [3.63, 3.8) is 0 Å². The highest BCUT2D eigenvalue weighted by atomic mass is 16.3. The molecule has 24 nitrogen and oxygen atoms in total. The van der Waals surface area contributed by atoms with E-state index in [0.29, 0.717) is 0 Å². The van der Waals surface area contributed by atoms with Crippen LogP contribution >= 0.6 is 0 Å². The van der Waals surface area contributed by atoms with Crippen LogP contribution in [0.1, 0.15) is 82.9 Å². The van der Waals surface area contributed by atoms with Crippen LogP contribution in [0.2, 0.25) is 0 Å². The van der Waals surface area contributed by atoms with Crippen molar-refractivity contribution >= 4 is 47.3 Å². The van der Waals surface area contributed by atoms with Crippen LogP contribution in [-0.2, 0) is 0 Å². The second-order valence-electron chi connectivity index (χ2n) is 18.2. The Hall–Kier alpha value is -8.32. The van der Waals surface area contributed by atoms with Crippen LogP contribution in [-0.4, -0.2) is 218 Å². The first-order valence-corrected chi connectivity index (χ1v) is 25.1. The van der Waals surface area contributed by atoms with Gasteiger partial charge < -0.3 is 63.0 Å². The number of nitrogens with zero attached hydrogens (tertiary/aromatic N) is 4. The van der Waals surface area contributed by atoms with E-state index in [9.17, 15) is 58.8 Å². The van der Waals surface area contributed by atoms with Gasteiger partial charge in [-0.15, -0.1) is 0 Å². The molecule has 4 heterocycles. The molecule has 0 aliphatic carbocycles. The zero-order chi connectivity index (χ0) is 54.1. The third-order valence-electron chi connectivity index (χ3n) is 13.3. The number of nitrogens with one attached hydrogen (secondary N) is 8. The topological polar surface area (TPSA) is 327 Å². The number of carbonyl (C=O) groups is 8. The summed E-state index contributed by atoms with van der Waals surface area (Å²) >= 11 is 0. The van der Waals surface area contributed by atoms with E-state index in [0.717, 1.165) is 0 Å². The summed E-state index contributed by atoms with van der Waals surface area (Å²) in [5.41, 5.74) is -1.09. The summed E-state index contributed by atoms with van der Waals surface area (Å²) in [6.07, 6.45) is 0. The van der Waals surface area contributed by atoms with E-state index in [1.807, 2.05) is 19.6 Å². The summed E-state index contributed by atoms with van der Waals surface area (Å²) in [5, 5.41) is 67.4. The first kappa shape index (κ1) is 55.4. The number of aromatic hydroxyl groups is 4. The molecule has 0 atom stereocenters. The number of fused-ring (bicyclic) bond motifs is 16. The second-order valence-corrected chi connectivity index (χ2v) is 18.2. The van der Waals surface area contributed by atoms with Gasteiger partial charge in [0.05, 0.1) is 44.5 Å². The molecule has 0 saturated carbocycles. The van der Waals surface area contributed by atoms with Gasteiger partial charge in [0.2, 0.25) is 0 Å². The fraction of sp³-hybridized carbons (Fsp3) is 0.385. The predicted octanol–water partition coefficient (Wildman–Crippen LogP) is -1.30. The van der Waals surface area contributed by atoms with Gasteiger partial charge in [-0.25, -0.2) is 0 Å². The van der Waals surface area contributed by atoms with Crippen molar-refractivity contribution < 1.29 is 58.8 Å². The molecule has 8 amide bonds. The van der Waals surface area contributed by atoms with E-state index in [1.165, 1.54) is 72.8 Å². The van der Waals surface area contributed by atoms with Crippen molar-refractivity contribution in [2.45, 2.75) is 0 Å². The number of phenols is 4. The Morgan fingerprint density at radius 3 is 0.500 bits per heavy atom. The number of para-hydroxylation sites is 4. The molecule has 12 bridgehead atoms. The Kier molecular flexibility index (Phi) is 19.5. The maximum absolute atomic E-state index is 13.6. The molecule has 404 valence electrons. The second kappa shape index (κ2) is 26.8. The molecule has 0 aromatic heterocycles. The molecular formula is C52H64N12O12. The zero-order valence-corrected chi connectivity index (χ0v) is 41.9. The molecule has 0 saturated heterocycles. The first-order valence-electron chi connectivity index (χ1n) is 25.1. The lowest BCUT2D eigenvalue weighted by Crippen LogP contribution is -2.46. The van der Waals surface area contributed by atoms with E-state index in [2.05, 4.69) is 42.5 Å². The summed E-state index contributed by atoms with van der Waals surface area (Å²) < 4.78 is 0. The average molecular weight is 1050 g/mol. The molecule has 76 heavy (non-hydrogen) atoms. The summed E-state index contributed by atoms with van der Waals surface area (Å²) in [5.74, 6) is -7.29. The number of phenolic OH excluding ortho intramolecular Hbond substituents is 4. The Bertz CT molecular complexity index is 2280. The number of hydrogen-bond donors (Lipinski definition) is 12. The van der Waals surface area contributed by atoms with Crippen LogP contribution in [0.4, 0.5) is 0 Å². The number of rotatable bonds is 0. The van der Waals surface area contributed by atoms with Crippen molar-refractivity contribution in [1.82, 2.24) is 62.1 Å². The van der Waals surface area contributed by atoms with Gasteiger partial charge in [0, 0.05) is 131 Å². The Morgan fingerprint density at radius 1 is 0.237 bits per heavy atom. The monoisotopic (exact) mass is 1050 g/mol. The van der Waals surface area contributed by atoms with E-state index in [-0.39, 0.29) is 175 Å². The van der Waals surface area contributed by atoms with Gasteiger partial charge in [-0.05, 0) is 48.5 Å². The fourth-order valence-corrected chi connectivity index (χ4v) is 8.93. The summed E-state index contributed by atoms with van der Waals surface area (Å²) in [7, 11) is 0. The van der Waals surface area contributed by atoms with Crippen molar-refractivity contribution in [3.05, 3.63) is 117 Å². The molecule has 4 aromatic rings. The SMILES string of the molecule is O=C1NCCN2CCNC(=O)c3cccc(c3O)C(=O)NCCN(CCNC(=O)c3cccc1c3O)CCN1CCNC(=O)c3cccc(c3O)C(=O)NCCN(CCNC(=O)c3cccc(c3O)C(=O)NCC1)CC2. The summed E-state index contributed by atoms with van der Waals surface area (Å²) in [4.78, 5) is 116. The quantitative estimate of drug-likeness (QED) is 0.0974. The predicted molar refractivity (Wildman–Crippen MR) is 277 cm³/mol. The lowest BCUT2D eigenvalue weighted by atomic mass is 10.1. The number of hydrogen-bond acceptors (Lipinski definition) is 16. The van der Waals surface area contributed by atoms with Crippen LogP contribution in [0.15, 0.2) is 72.8 Å². The third-order valence-corrected chi connectivity index (χ3v) is 13.3. The molecule has 0 radical (unpaired) electrons. The number of amides is 8. The Morgan fingerprint density at radius 2 is 0.368 bits per heavy atom. The number of carbonyl (C=O) groups excluding carboxylic acids is 8. The smallest absolute Gasteiger partial charge is 0.255 e. The van der Waals surface area contributed by atoms with Gasteiger partial charge in [0.1, 0.15) is 23.0 Å². The van der Waals surface area contributed by atoms with Crippen molar-refractivity contribution in [3.8, 4) is 23.0 Å². The molecule has 0 unspecified atom stereocenters. The summed E-state index contributed by atoms with van der Waals surface area (Å²) in [6, 6.07) is 17.0. The van der Waals surface area contributed by atoms with Gasteiger partial charge in [-0.2, -0.15) is 0 Å². The highest BCUT2D eigenvalue weighted by Crippen LogP contribution is 2.26. The van der Waals surface area contributed by atoms with Crippen LogP contribution in [0, 0.1) is 0 Å². The standard InChI is InChI=1S/C52H64N12O12/c65-41-33-5-1-6-34(41)46(70)54-14-22-62-24-16-56-48(72)36-8-2-7-35(42(36)66)47(71)55-15-23-61(21-13-53-45(33)69)29-31-63-25-17-57-49(73)37-9-3-10-38(43(37)67)50(74)58-18-26-64(32-30-62)28-20-60-52(76)40-12-4-11-39(44(40)68)51(75)59-19-27-63/h1-12,65-68H,13-32H2,(H,53,69)(H,54,70)(H,55,71)(H,56,72)(H,57,73)(H,58,74)(H,59,75)(H,60,76). The van der Waals surface area contributed by atoms with Crippen LogP contribution in [0.3, 0.4) is 0 Å². The fourth-order valence-electron chi connectivity index (χ4n) is 8.93. The lowest BCUT2D eigenvalue weighted by Gasteiger charge is -2.28. The molecule has 4 aliphatic rings. The maximum Gasteiger partial charge on any atom is 0.255 e. The molecule has 12 N–H and O–H groups in total. The average Bonchev–Trinajstić information content (AvgIpc) is 3.40. The van der Waals surface area contributed by atoms with E-state index in [4.69, 9.17) is 0 Å². The minimum atomic E-state index is -0.650. The van der Waals surface area contributed by atoms with Gasteiger partial charge >= 0.3 is 0 Å². The minimum Gasteiger partial charge on any atom is -0.506 e. The minimum absolute atomic E-state index is 0.0289. The molecule has 4 aromatic carbocycles. The van der Waals surface area contributed by atoms with Crippen LogP contribution in [0.25, 0.3) is 0 Å². The van der Waals surface area contributed by atoms with Gasteiger partial charge in [0.15, 0.2) is 0 Å². The van der Waals surface area contributed by atoms with Crippen LogP contribution < -0.4 is 42.5 Å². The van der Waals surface area contributed by atoms with Gasteiger partial charge in [0.25, 0.3) is 47.3 Å². The van der Waals surface area contributed by atoms with Crippen LogP contribution in [0.5, 0.6) is 23.0 Å². The largest absolute Gasteiger partial charge is 0.506 e. The van der Waals surface area contributed by atoms with Crippen molar-refractivity contribution in [2.24, 2.45) is 0 Å². The molecule has 0 spiro atoms. The van der Waals surface area contributed by atoms with E-state index in [1.54, 1.807) is 0 Å². The van der Waals surface area contributed by atoms with E-state index >= 15 is 0 Å². The van der Waals surface area contributed by atoms with Gasteiger partial charge in [-0.3, -0.25) is 58.0 Å². The summed E-state index contributed by atoms with van der Waals surface area (Å²) in [6.45, 7) is 2.78. The highest BCUT2D eigenvalue weighted by Gasteiger charge is 2.25. The Labute approximate surface area is 438 Å². The molecule has 4 aliphatic heterocycles. The third kappa shape index (κ3) is 14.5. The van der Waals surface area contributed by atoms with E-state index < -0.39 is 70.3 Å². The molecule has 24 heteroatoms. The molecule has 8 rings (SSSR count). The Balaban J connectivity index is 1.28. The van der Waals surface area contributed by atoms with Crippen molar-refractivity contribution in [1.29, 1.82) is 0 Å². The maximum atomic E-state index is 13.6. The van der Waals surface area contributed by atoms with Gasteiger partial charge in [-0.1, -0.05) is 24.3 Å². The molecular weight excluding hydrogens is 985 g/mol. The lowest BCUT2D eigenvalue weighted by molar-refractivity contribution is 0.0909. The normalized spacial score (nSPS) is 21.9. The van der Waals surface area contributed by atoms with Crippen molar-refractivity contribution in [2.75, 3.05) is 131 Å². The number of benzene rings is 4. The first-order chi connectivity index (χ1) is 36.7. The highest BCUT2D eigenvalue weighted by molar-refractivity contribution is 6.06. The molecule has 0 fully saturated rings.